The van der Waals surface area contributed by atoms with Crippen LogP contribution in [0.5, 0.6) is 0 Å². The largest absolute Gasteiger partial charge is 0.341 e. The average Bonchev–Trinajstić information content (AvgIpc) is 3.15. The molecule has 0 radical (unpaired) electrons. The number of imidazole rings is 1. The number of aromatic nitrogens is 2. The van der Waals surface area contributed by atoms with Crippen molar-refractivity contribution in [3.8, 4) is 0 Å². The molecule has 7 heteroatoms. The lowest BCUT2D eigenvalue weighted by Gasteiger charge is -2.16. The van der Waals surface area contributed by atoms with Crippen molar-refractivity contribution < 1.29 is 4.79 Å². The van der Waals surface area contributed by atoms with Gasteiger partial charge < -0.3 is 10.3 Å². The van der Waals surface area contributed by atoms with Gasteiger partial charge in [-0.15, -0.1) is 0 Å². The van der Waals surface area contributed by atoms with Crippen molar-refractivity contribution in [3.05, 3.63) is 74.8 Å². The molecule has 4 aromatic rings. The van der Waals surface area contributed by atoms with Gasteiger partial charge in [0.1, 0.15) is 5.82 Å². The van der Waals surface area contributed by atoms with E-state index in [0.29, 0.717) is 10.3 Å². The molecule has 0 aliphatic carbocycles. The molecule has 142 valence electrons. The van der Waals surface area contributed by atoms with E-state index in [0.717, 1.165) is 45.8 Å². The summed E-state index contributed by atoms with van der Waals surface area (Å²) in [4.78, 5) is 33.6. The van der Waals surface area contributed by atoms with E-state index in [-0.39, 0.29) is 16.7 Å². The molecule has 28 heavy (non-hydrogen) atoms. The standard InChI is InChI=1S/C21H19N3O2S2/c1-27-11-10-17(19-22-15-8-4-5-9-16(15)23-19)24-20(25)18-12-13-6-2-3-7-14(13)21(26)28-18/h2-9,12,17H,10-11H2,1H3,(H,22,23)(H,24,25)/t17-/m0/s1. The van der Waals surface area contributed by atoms with Crippen LogP contribution in [0.2, 0.25) is 0 Å². The zero-order chi connectivity index (χ0) is 19.5. The van der Waals surface area contributed by atoms with Crippen LogP contribution in [0.4, 0.5) is 0 Å². The molecule has 4 rings (SSSR count). The molecule has 5 nitrogen and oxygen atoms in total. The highest BCUT2D eigenvalue weighted by molar-refractivity contribution is 7.98. The predicted octanol–water partition coefficient (Wildman–Crippen LogP) is 4.36. The fourth-order valence-corrected chi connectivity index (χ4v) is 4.43. The van der Waals surface area contributed by atoms with Gasteiger partial charge in [-0.1, -0.05) is 41.7 Å². The molecule has 1 amide bonds. The summed E-state index contributed by atoms with van der Waals surface area (Å²) >= 11 is 2.70. The summed E-state index contributed by atoms with van der Waals surface area (Å²) < 4.78 is -0.104. The number of thioether (sulfide) groups is 1. The smallest absolute Gasteiger partial charge is 0.262 e. The Bertz CT molecular complexity index is 1170. The second-order valence-electron chi connectivity index (χ2n) is 6.43. The Morgan fingerprint density at radius 1 is 1.21 bits per heavy atom. The summed E-state index contributed by atoms with van der Waals surface area (Å²) in [5.74, 6) is 1.37. The van der Waals surface area contributed by atoms with E-state index >= 15 is 0 Å². The molecule has 2 heterocycles. The highest BCUT2D eigenvalue weighted by Crippen LogP contribution is 2.22. The summed E-state index contributed by atoms with van der Waals surface area (Å²) in [6, 6.07) is 16.7. The van der Waals surface area contributed by atoms with Crippen LogP contribution in [0.15, 0.2) is 59.4 Å². The number of para-hydroxylation sites is 2. The van der Waals surface area contributed by atoms with Crippen molar-refractivity contribution in [2.75, 3.05) is 12.0 Å². The fourth-order valence-electron chi connectivity index (χ4n) is 3.13. The third kappa shape index (κ3) is 3.81. The van der Waals surface area contributed by atoms with Gasteiger partial charge in [0.15, 0.2) is 0 Å². The van der Waals surface area contributed by atoms with E-state index < -0.39 is 0 Å². The van der Waals surface area contributed by atoms with E-state index in [2.05, 4.69) is 15.3 Å². The van der Waals surface area contributed by atoms with Crippen molar-refractivity contribution in [3.63, 3.8) is 0 Å². The first-order valence-electron chi connectivity index (χ1n) is 8.93. The predicted molar refractivity (Wildman–Crippen MR) is 117 cm³/mol. The van der Waals surface area contributed by atoms with Crippen LogP contribution < -0.4 is 10.1 Å². The molecule has 0 fully saturated rings. The quantitative estimate of drug-likeness (QED) is 0.496. The number of hydrogen-bond donors (Lipinski definition) is 2. The van der Waals surface area contributed by atoms with Gasteiger partial charge in [-0.3, -0.25) is 9.59 Å². The molecule has 0 saturated carbocycles. The summed E-state index contributed by atoms with van der Waals surface area (Å²) in [7, 11) is 0. The van der Waals surface area contributed by atoms with Crippen LogP contribution in [0.3, 0.4) is 0 Å². The van der Waals surface area contributed by atoms with Gasteiger partial charge in [-0.2, -0.15) is 11.8 Å². The zero-order valence-corrected chi connectivity index (χ0v) is 16.9. The van der Waals surface area contributed by atoms with Crippen LogP contribution in [-0.4, -0.2) is 27.9 Å². The maximum atomic E-state index is 12.9. The normalized spacial score (nSPS) is 12.3. The van der Waals surface area contributed by atoms with Crippen LogP contribution >= 0.6 is 23.1 Å². The van der Waals surface area contributed by atoms with E-state index in [1.807, 2.05) is 48.7 Å². The molecule has 0 spiro atoms. The van der Waals surface area contributed by atoms with Gasteiger partial charge >= 0.3 is 0 Å². The molecule has 1 atom stereocenters. The highest BCUT2D eigenvalue weighted by atomic mass is 32.2. The van der Waals surface area contributed by atoms with E-state index in [1.54, 1.807) is 23.9 Å². The number of carbonyl (C=O) groups is 1. The van der Waals surface area contributed by atoms with Crippen molar-refractivity contribution in [1.82, 2.24) is 15.3 Å². The molecule has 0 aliphatic rings. The van der Waals surface area contributed by atoms with Crippen LogP contribution in [0, 0.1) is 0 Å². The number of aromatic amines is 1. The summed E-state index contributed by atoms with van der Waals surface area (Å²) in [5, 5.41) is 4.48. The van der Waals surface area contributed by atoms with Gasteiger partial charge in [-0.05, 0) is 48.1 Å². The lowest BCUT2D eigenvalue weighted by atomic mass is 10.2. The minimum absolute atomic E-state index is 0.104. The molecule has 2 aromatic heterocycles. The molecule has 0 bridgehead atoms. The Morgan fingerprint density at radius 3 is 2.82 bits per heavy atom. The molecular weight excluding hydrogens is 390 g/mol. The third-order valence-electron chi connectivity index (χ3n) is 4.55. The van der Waals surface area contributed by atoms with Gasteiger partial charge in [0.05, 0.1) is 22.0 Å². The van der Waals surface area contributed by atoms with E-state index in [1.165, 1.54) is 0 Å². The first kappa shape index (κ1) is 18.7. The Hall–Kier alpha value is -2.64. The fraction of sp³-hybridized carbons (Fsp3) is 0.190. The number of fused-ring (bicyclic) bond motifs is 2. The van der Waals surface area contributed by atoms with Gasteiger partial charge in [0.2, 0.25) is 4.74 Å². The number of nitrogens with one attached hydrogen (secondary N) is 2. The second-order valence-corrected chi connectivity index (χ2v) is 8.43. The molecule has 2 aromatic carbocycles. The lowest BCUT2D eigenvalue weighted by molar-refractivity contribution is 0.0938. The van der Waals surface area contributed by atoms with Crippen LogP contribution in [0.25, 0.3) is 21.8 Å². The number of nitrogens with zero attached hydrogens (tertiary/aromatic N) is 1. The second kappa shape index (κ2) is 8.16. The number of hydrogen-bond acceptors (Lipinski definition) is 5. The van der Waals surface area contributed by atoms with Crippen molar-refractivity contribution >= 4 is 50.8 Å². The number of amides is 1. The molecule has 0 saturated heterocycles. The Labute approximate surface area is 170 Å². The first-order valence-corrected chi connectivity index (χ1v) is 11.1. The number of benzene rings is 2. The van der Waals surface area contributed by atoms with Crippen molar-refractivity contribution in [1.29, 1.82) is 0 Å². The van der Waals surface area contributed by atoms with E-state index in [4.69, 9.17) is 0 Å². The lowest BCUT2D eigenvalue weighted by Crippen LogP contribution is -2.29. The Kier molecular flexibility index (Phi) is 5.45. The van der Waals surface area contributed by atoms with Crippen LogP contribution in [0.1, 0.15) is 28.0 Å². The molecular formula is C21H19N3O2S2. The zero-order valence-electron chi connectivity index (χ0n) is 15.3. The SMILES string of the molecule is CSCC[C@H](NC(=O)c1cc2ccccc2c(=O)s1)c1nc2ccccc2[nH]1. The molecule has 0 aliphatic heterocycles. The van der Waals surface area contributed by atoms with Crippen molar-refractivity contribution in [2.45, 2.75) is 12.5 Å². The topological polar surface area (TPSA) is 74.8 Å². The van der Waals surface area contributed by atoms with Crippen molar-refractivity contribution in [2.24, 2.45) is 0 Å². The van der Waals surface area contributed by atoms with Crippen LogP contribution in [-0.2, 0) is 0 Å². The first-order chi connectivity index (χ1) is 13.7. The average molecular weight is 410 g/mol. The monoisotopic (exact) mass is 409 g/mol. The van der Waals surface area contributed by atoms with Gasteiger partial charge in [0, 0.05) is 5.39 Å². The summed E-state index contributed by atoms with van der Waals surface area (Å²) in [5.41, 5.74) is 1.81. The highest BCUT2D eigenvalue weighted by Gasteiger charge is 2.20. The minimum atomic E-state index is -0.251. The summed E-state index contributed by atoms with van der Waals surface area (Å²) in [6.45, 7) is 0. The van der Waals surface area contributed by atoms with E-state index in [9.17, 15) is 9.59 Å². The van der Waals surface area contributed by atoms with Gasteiger partial charge in [-0.25, -0.2) is 4.98 Å². The number of carbonyl (C=O) groups excluding carboxylic acids is 1. The maximum Gasteiger partial charge on any atom is 0.262 e. The molecule has 0 unspecified atom stereocenters. The van der Waals surface area contributed by atoms with Gasteiger partial charge in [0.25, 0.3) is 5.91 Å². The number of H-pyrrole nitrogens is 1. The molecule has 2 N–H and O–H groups in total. The third-order valence-corrected chi connectivity index (χ3v) is 6.12. The minimum Gasteiger partial charge on any atom is -0.341 e. The maximum absolute atomic E-state index is 12.9. The summed E-state index contributed by atoms with van der Waals surface area (Å²) in [6.07, 6.45) is 2.78. The Morgan fingerprint density at radius 2 is 2.00 bits per heavy atom. The number of rotatable bonds is 6. The Balaban J connectivity index is 1.64.